The predicted octanol–water partition coefficient (Wildman–Crippen LogP) is 1.48. The van der Waals surface area contributed by atoms with Crippen LogP contribution in [0.2, 0.25) is 0 Å². The number of hydrogen-bond donors (Lipinski definition) is 0. The summed E-state index contributed by atoms with van der Waals surface area (Å²) in [5, 5.41) is 0. The highest BCUT2D eigenvalue weighted by molar-refractivity contribution is 5.94. The molecule has 4 nitrogen and oxygen atoms in total. The van der Waals surface area contributed by atoms with Gasteiger partial charge in [-0.15, -0.1) is 0 Å². The van der Waals surface area contributed by atoms with Gasteiger partial charge in [0.15, 0.2) is 0 Å². The Kier molecular flexibility index (Phi) is 5.09. The molecule has 1 aromatic carbocycles. The van der Waals surface area contributed by atoms with Crippen molar-refractivity contribution < 1.29 is 13.9 Å². The molecule has 2 rings (SSSR count). The minimum atomic E-state index is -0.325. The van der Waals surface area contributed by atoms with Crippen molar-refractivity contribution in [2.45, 2.75) is 0 Å². The zero-order chi connectivity index (χ0) is 14.5. The van der Waals surface area contributed by atoms with E-state index in [1.165, 1.54) is 24.3 Å². The van der Waals surface area contributed by atoms with Gasteiger partial charge in [-0.1, -0.05) is 0 Å². The smallest absolute Gasteiger partial charge is 0.253 e. The molecule has 1 heterocycles. The highest BCUT2D eigenvalue weighted by Gasteiger charge is 2.24. The summed E-state index contributed by atoms with van der Waals surface area (Å²) < 4.78 is 18.1. The minimum absolute atomic E-state index is 0.0404. The first-order valence-electron chi connectivity index (χ1n) is 6.82. The topological polar surface area (TPSA) is 32.8 Å². The minimum Gasteiger partial charge on any atom is -0.384 e. The Morgan fingerprint density at radius 1 is 1.30 bits per heavy atom. The lowest BCUT2D eigenvalue weighted by molar-refractivity contribution is 0.0707. The van der Waals surface area contributed by atoms with Crippen LogP contribution in [-0.2, 0) is 4.74 Å². The fraction of sp³-hybridized carbons (Fsp3) is 0.533. The van der Waals surface area contributed by atoms with Gasteiger partial charge in [0.1, 0.15) is 5.82 Å². The molecule has 1 saturated heterocycles. The van der Waals surface area contributed by atoms with Gasteiger partial charge in [0.2, 0.25) is 0 Å². The third-order valence-corrected chi connectivity index (χ3v) is 3.58. The number of nitrogens with zero attached hydrogens (tertiary/aromatic N) is 2. The average Bonchev–Trinajstić information content (AvgIpc) is 2.61. The number of carbonyl (C=O) groups excluding carboxylic acids is 1. The number of rotatable bonds is 3. The van der Waals surface area contributed by atoms with Crippen LogP contribution >= 0.6 is 0 Å². The number of ether oxygens (including phenoxy) is 1. The van der Waals surface area contributed by atoms with Crippen molar-refractivity contribution in [1.82, 2.24) is 9.80 Å². The number of amides is 1. The number of benzene rings is 1. The van der Waals surface area contributed by atoms with Crippen molar-refractivity contribution in [3.05, 3.63) is 35.6 Å². The van der Waals surface area contributed by atoms with E-state index in [2.05, 4.69) is 11.9 Å². The Hall–Kier alpha value is -1.46. The van der Waals surface area contributed by atoms with Crippen LogP contribution in [0.1, 0.15) is 10.4 Å². The van der Waals surface area contributed by atoms with E-state index in [0.29, 0.717) is 31.2 Å². The normalized spacial score (nSPS) is 20.8. The number of carbonyl (C=O) groups is 1. The fourth-order valence-electron chi connectivity index (χ4n) is 2.58. The molecular weight excluding hydrogens is 259 g/mol. The summed E-state index contributed by atoms with van der Waals surface area (Å²) in [6, 6.07) is 5.73. The predicted molar refractivity (Wildman–Crippen MR) is 75.2 cm³/mol. The largest absolute Gasteiger partial charge is 0.384 e. The van der Waals surface area contributed by atoms with Crippen LogP contribution in [0, 0.1) is 11.7 Å². The second-order valence-corrected chi connectivity index (χ2v) is 5.34. The number of likely N-dealkylation sites (N-methyl/N-ethyl adjacent to an activating group) is 1. The molecule has 0 radical (unpaired) electrons. The van der Waals surface area contributed by atoms with Crippen molar-refractivity contribution in [3.8, 4) is 0 Å². The zero-order valence-electron chi connectivity index (χ0n) is 12.0. The number of methoxy groups -OCH3 is 1. The van der Waals surface area contributed by atoms with Crippen molar-refractivity contribution in [2.24, 2.45) is 5.92 Å². The zero-order valence-corrected chi connectivity index (χ0v) is 12.0. The lowest BCUT2D eigenvalue weighted by Crippen LogP contribution is -2.37. The fourth-order valence-corrected chi connectivity index (χ4v) is 2.58. The molecule has 1 aliphatic rings. The van der Waals surface area contributed by atoms with Crippen molar-refractivity contribution in [3.63, 3.8) is 0 Å². The van der Waals surface area contributed by atoms with Gasteiger partial charge in [0, 0.05) is 44.8 Å². The highest BCUT2D eigenvalue weighted by Crippen LogP contribution is 2.13. The van der Waals surface area contributed by atoms with Crippen LogP contribution in [0.4, 0.5) is 4.39 Å². The molecule has 20 heavy (non-hydrogen) atoms. The summed E-state index contributed by atoms with van der Waals surface area (Å²) in [5.74, 6) is -0.0623. The van der Waals surface area contributed by atoms with E-state index in [4.69, 9.17) is 4.74 Å². The van der Waals surface area contributed by atoms with Crippen LogP contribution in [0.5, 0.6) is 0 Å². The summed E-state index contributed by atoms with van der Waals surface area (Å²) in [4.78, 5) is 16.5. The number of hydrogen-bond acceptors (Lipinski definition) is 3. The first-order valence-corrected chi connectivity index (χ1v) is 6.82. The molecule has 1 aromatic rings. The lowest BCUT2D eigenvalue weighted by atomic mass is 10.1. The molecule has 0 aliphatic carbocycles. The van der Waals surface area contributed by atoms with Gasteiger partial charge in [-0.2, -0.15) is 0 Å². The highest BCUT2D eigenvalue weighted by atomic mass is 19.1. The summed E-state index contributed by atoms with van der Waals surface area (Å²) >= 11 is 0. The quantitative estimate of drug-likeness (QED) is 0.840. The van der Waals surface area contributed by atoms with Crippen LogP contribution < -0.4 is 0 Å². The molecule has 1 atom stereocenters. The molecule has 1 aliphatic heterocycles. The molecule has 0 aromatic heterocycles. The first-order chi connectivity index (χ1) is 9.60. The molecule has 1 amide bonds. The van der Waals surface area contributed by atoms with E-state index in [1.54, 1.807) is 7.11 Å². The van der Waals surface area contributed by atoms with Crippen LogP contribution in [0.25, 0.3) is 0 Å². The molecule has 0 bridgehead atoms. The monoisotopic (exact) mass is 280 g/mol. The summed E-state index contributed by atoms with van der Waals surface area (Å²) in [6.45, 7) is 3.76. The second-order valence-electron chi connectivity index (χ2n) is 5.34. The van der Waals surface area contributed by atoms with Gasteiger partial charge in [-0.05, 0) is 31.3 Å². The van der Waals surface area contributed by atoms with Gasteiger partial charge in [0.05, 0.1) is 6.61 Å². The van der Waals surface area contributed by atoms with Gasteiger partial charge < -0.3 is 14.5 Å². The van der Waals surface area contributed by atoms with Gasteiger partial charge in [-0.25, -0.2) is 4.39 Å². The Labute approximate surface area is 119 Å². The summed E-state index contributed by atoms with van der Waals surface area (Å²) in [5.41, 5.74) is 0.534. The van der Waals surface area contributed by atoms with E-state index in [-0.39, 0.29) is 11.7 Å². The van der Waals surface area contributed by atoms with E-state index in [9.17, 15) is 9.18 Å². The average molecular weight is 280 g/mol. The summed E-state index contributed by atoms with van der Waals surface area (Å²) in [6.07, 6.45) is 0. The van der Waals surface area contributed by atoms with Crippen LogP contribution in [0.15, 0.2) is 24.3 Å². The molecule has 0 saturated carbocycles. The lowest BCUT2D eigenvalue weighted by Gasteiger charge is -2.23. The Morgan fingerprint density at radius 3 is 2.65 bits per heavy atom. The van der Waals surface area contributed by atoms with Crippen molar-refractivity contribution >= 4 is 5.91 Å². The molecule has 0 spiro atoms. The molecule has 1 fully saturated rings. The maximum atomic E-state index is 12.9. The van der Waals surface area contributed by atoms with Crippen LogP contribution in [-0.4, -0.2) is 62.7 Å². The standard InChI is InChI=1S/C15H21FN2O2/c1-17-7-8-18(10-12(9-17)11-20-2)15(19)13-3-5-14(16)6-4-13/h3-6,12H,7-11H2,1-2H3. The van der Waals surface area contributed by atoms with E-state index in [0.717, 1.165) is 13.1 Å². The second kappa shape index (κ2) is 6.81. The van der Waals surface area contributed by atoms with E-state index < -0.39 is 0 Å². The van der Waals surface area contributed by atoms with Gasteiger partial charge >= 0.3 is 0 Å². The Morgan fingerprint density at radius 2 is 2.00 bits per heavy atom. The Bertz CT molecular complexity index is 450. The molecular formula is C15H21FN2O2. The molecule has 110 valence electrons. The van der Waals surface area contributed by atoms with E-state index in [1.807, 2.05) is 4.90 Å². The van der Waals surface area contributed by atoms with Gasteiger partial charge in [0.25, 0.3) is 5.91 Å². The summed E-state index contributed by atoms with van der Waals surface area (Å²) in [7, 11) is 3.73. The van der Waals surface area contributed by atoms with Gasteiger partial charge in [-0.3, -0.25) is 4.79 Å². The van der Waals surface area contributed by atoms with E-state index >= 15 is 0 Å². The number of halogens is 1. The Balaban J connectivity index is 2.09. The molecule has 0 N–H and O–H groups in total. The third kappa shape index (κ3) is 3.77. The maximum absolute atomic E-state index is 12.9. The maximum Gasteiger partial charge on any atom is 0.253 e. The van der Waals surface area contributed by atoms with Crippen molar-refractivity contribution in [2.75, 3.05) is 46.9 Å². The molecule has 5 heteroatoms. The SMILES string of the molecule is COCC1CN(C)CCN(C(=O)c2ccc(F)cc2)C1. The third-order valence-electron chi connectivity index (χ3n) is 3.58. The van der Waals surface area contributed by atoms with Crippen LogP contribution in [0.3, 0.4) is 0 Å². The molecule has 1 unspecified atom stereocenters. The van der Waals surface area contributed by atoms with Crippen molar-refractivity contribution in [1.29, 1.82) is 0 Å². The first kappa shape index (κ1) is 14.9.